The van der Waals surface area contributed by atoms with Crippen LogP contribution in [0.1, 0.15) is 5.56 Å². The first kappa shape index (κ1) is 16.8. The number of pyridine rings is 1. The van der Waals surface area contributed by atoms with Gasteiger partial charge in [0.05, 0.1) is 22.5 Å². The van der Waals surface area contributed by atoms with Gasteiger partial charge < -0.3 is 0 Å². The topological polar surface area (TPSA) is 71.4 Å². The van der Waals surface area contributed by atoms with Crippen LogP contribution >= 0.6 is 0 Å². The number of sulfonamides is 1. The van der Waals surface area contributed by atoms with Gasteiger partial charge in [-0.05, 0) is 42.5 Å². The van der Waals surface area contributed by atoms with Crippen molar-refractivity contribution >= 4 is 27.6 Å². The molecule has 7 heteroatoms. The highest BCUT2D eigenvalue weighted by atomic mass is 32.2. The van der Waals surface area contributed by atoms with Gasteiger partial charge in [0, 0.05) is 18.0 Å². The molecule has 0 amide bonds. The smallest absolute Gasteiger partial charge is 0.261 e. The third-order valence-corrected chi connectivity index (χ3v) is 4.72. The van der Waals surface area contributed by atoms with Gasteiger partial charge in [-0.15, -0.1) is 0 Å². The maximum atomic E-state index is 13.5. The van der Waals surface area contributed by atoms with E-state index in [1.54, 1.807) is 48.7 Å². The third-order valence-electron chi connectivity index (χ3n) is 3.32. The maximum Gasteiger partial charge on any atom is 0.261 e. The first-order valence-corrected chi connectivity index (χ1v) is 8.84. The lowest BCUT2D eigenvalue weighted by atomic mass is 10.2. The van der Waals surface area contributed by atoms with Crippen molar-refractivity contribution < 1.29 is 12.8 Å². The Morgan fingerprint density at radius 1 is 1.00 bits per heavy atom. The summed E-state index contributed by atoms with van der Waals surface area (Å²) in [6.07, 6.45) is 4.37. The Morgan fingerprint density at radius 2 is 1.76 bits per heavy atom. The normalized spacial score (nSPS) is 11.6. The van der Waals surface area contributed by atoms with Crippen LogP contribution in [0.3, 0.4) is 0 Å². The zero-order chi connectivity index (χ0) is 17.7. The number of rotatable bonds is 5. The number of hydrogen-bond donors (Lipinski definition) is 1. The van der Waals surface area contributed by atoms with Crippen molar-refractivity contribution in [1.29, 1.82) is 0 Å². The Kier molecular flexibility index (Phi) is 4.85. The van der Waals surface area contributed by atoms with Crippen molar-refractivity contribution in [2.24, 2.45) is 4.99 Å². The Hall–Kier alpha value is -3.06. The van der Waals surface area contributed by atoms with Gasteiger partial charge in [0.25, 0.3) is 10.0 Å². The number of benzene rings is 2. The van der Waals surface area contributed by atoms with E-state index in [2.05, 4.69) is 14.7 Å². The van der Waals surface area contributed by atoms with E-state index in [1.165, 1.54) is 30.6 Å². The molecule has 0 fully saturated rings. The molecule has 0 radical (unpaired) electrons. The van der Waals surface area contributed by atoms with Crippen molar-refractivity contribution in [3.05, 3.63) is 84.4 Å². The lowest BCUT2D eigenvalue weighted by Gasteiger charge is -2.07. The van der Waals surface area contributed by atoms with Crippen molar-refractivity contribution in [2.45, 2.75) is 4.90 Å². The predicted octanol–water partition coefficient (Wildman–Crippen LogP) is 3.77. The van der Waals surface area contributed by atoms with Gasteiger partial charge in [0.1, 0.15) is 5.82 Å². The van der Waals surface area contributed by atoms with Gasteiger partial charge >= 0.3 is 0 Å². The van der Waals surface area contributed by atoms with E-state index < -0.39 is 10.0 Å². The summed E-state index contributed by atoms with van der Waals surface area (Å²) in [7, 11) is -3.71. The summed E-state index contributed by atoms with van der Waals surface area (Å²) >= 11 is 0. The largest absolute Gasteiger partial charge is 0.278 e. The van der Waals surface area contributed by atoms with Crippen molar-refractivity contribution in [2.75, 3.05) is 4.72 Å². The number of anilines is 1. The van der Waals surface area contributed by atoms with Crippen LogP contribution in [0.2, 0.25) is 0 Å². The Labute approximate surface area is 145 Å². The number of nitrogens with zero attached hydrogens (tertiary/aromatic N) is 2. The van der Waals surface area contributed by atoms with Crippen molar-refractivity contribution in [3.8, 4) is 0 Å². The standard InChI is InChI=1S/C18H14FN3O2S/c19-18-6-2-1-4-14(18)12-21-15-7-9-17(10-8-15)25(23,24)22-16-5-3-11-20-13-16/h1-13,22H. The fraction of sp³-hybridized carbons (Fsp3) is 0. The van der Waals surface area contributed by atoms with E-state index in [0.717, 1.165) is 0 Å². The molecule has 1 aromatic heterocycles. The molecule has 0 saturated heterocycles. The van der Waals surface area contributed by atoms with Gasteiger partial charge in [0.2, 0.25) is 0 Å². The van der Waals surface area contributed by atoms with Crippen LogP contribution in [0.5, 0.6) is 0 Å². The second-order valence-corrected chi connectivity index (χ2v) is 6.80. The van der Waals surface area contributed by atoms with E-state index in [4.69, 9.17) is 0 Å². The van der Waals surface area contributed by atoms with E-state index in [1.807, 2.05) is 0 Å². The molecule has 0 bridgehead atoms. The molecule has 0 saturated carbocycles. The fourth-order valence-electron chi connectivity index (χ4n) is 2.07. The van der Waals surface area contributed by atoms with Crippen molar-refractivity contribution in [1.82, 2.24) is 4.98 Å². The van der Waals surface area contributed by atoms with Gasteiger partial charge in [-0.25, -0.2) is 12.8 Å². The highest BCUT2D eigenvalue weighted by molar-refractivity contribution is 7.92. The number of aliphatic imine (C=N–C) groups is 1. The highest BCUT2D eigenvalue weighted by Gasteiger charge is 2.13. The molecule has 3 rings (SSSR count). The number of halogens is 1. The summed E-state index contributed by atoms with van der Waals surface area (Å²) in [4.78, 5) is 8.11. The average Bonchev–Trinajstić information content (AvgIpc) is 2.62. The molecule has 1 N–H and O–H groups in total. The highest BCUT2D eigenvalue weighted by Crippen LogP contribution is 2.19. The van der Waals surface area contributed by atoms with Crippen LogP contribution < -0.4 is 4.72 Å². The molecule has 126 valence electrons. The zero-order valence-electron chi connectivity index (χ0n) is 13.0. The Morgan fingerprint density at radius 3 is 2.44 bits per heavy atom. The summed E-state index contributed by atoms with van der Waals surface area (Å²) in [5, 5.41) is 0. The molecule has 0 spiro atoms. The monoisotopic (exact) mass is 355 g/mol. The van der Waals surface area contributed by atoms with E-state index in [0.29, 0.717) is 16.9 Å². The molecule has 0 atom stereocenters. The third kappa shape index (κ3) is 4.27. The van der Waals surface area contributed by atoms with Gasteiger partial charge in [-0.3, -0.25) is 14.7 Å². The lowest BCUT2D eigenvalue weighted by molar-refractivity contribution is 0.601. The molecule has 2 aromatic carbocycles. The minimum Gasteiger partial charge on any atom is -0.278 e. The average molecular weight is 355 g/mol. The first-order chi connectivity index (χ1) is 12.0. The molecular formula is C18H14FN3O2S. The number of hydrogen-bond acceptors (Lipinski definition) is 4. The number of nitrogens with one attached hydrogen (secondary N) is 1. The fourth-order valence-corrected chi connectivity index (χ4v) is 3.12. The second kappa shape index (κ2) is 7.23. The molecule has 3 aromatic rings. The predicted molar refractivity (Wildman–Crippen MR) is 95.1 cm³/mol. The van der Waals surface area contributed by atoms with Crippen LogP contribution in [0.25, 0.3) is 0 Å². The molecular weight excluding hydrogens is 341 g/mol. The molecule has 0 aliphatic heterocycles. The zero-order valence-corrected chi connectivity index (χ0v) is 13.8. The Bertz CT molecular complexity index is 988. The molecule has 25 heavy (non-hydrogen) atoms. The van der Waals surface area contributed by atoms with E-state index in [9.17, 15) is 12.8 Å². The molecule has 0 aliphatic rings. The van der Waals surface area contributed by atoms with Gasteiger partial charge in [-0.2, -0.15) is 0 Å². The first-order valence-electron chi connectivity index (χ1n) is 7.36. The SMILES string of the molecule is O=S(=O)(Nc1cccnc1)c1ccc(N=Cc2ccccc2F)cc1. The van der Waals surface area contributed by atoms with Crippen LogP contribution in [0.4, 0.5) is 15.8 Å². The summed E-state index contributed by atoms with van der Waals surface area (Å²) in [5.74, 6) is -0.369. The van der Waals surface area contributed by atoms with Crippen LogP contribution in [-0.4, -0.2) is 19.6 Å². The van der Waals surface area contributed by atoms with Crippen LogP contribution in [-0.2, 0) is 10.0 Å². The number of aromatic nitrogens is 1. The summed E-state index contributed by atoms with van der Waals surface area (Å²) in [6.45, 7) is 0. The van der Waals surface area contributed by atoms with Gasteiger partial charge in [-0.1, -0.05) is 18.2 Å². The van der Waals surface area contributed by atoms with Crippen LogP contribution in [0.15, 0.2) is 82.9 Å². The lowest BCUT2D eigenvalue weighted by Crippen LogP contribution is -2.12. The second-order valence-electron chi connectivity index (χ2n) is 5.12. The molecule has 0 aliphatic carbocycles. The minimum atomic E-state index is -3.71. The maximum absolute atomic E-state index is 13.5. The molecule has 1 heterocycles. The van der Waals surface area contributed by atoms with Gasteiger partial charge in [0.15, 0.2) is 0 Å². The summed E-state index contributed by atoms with van der Waals surface area (Å²) in [5.41, 5.74) is 1.25. The minimum absolute atomic E-state index is 0.0983. The van der Waals surface area contributed by atoms with E-state index >= 15 is 0 Å². The summed E-state index contributed by atoms with van der Waals surface area (Å²) < 4.78 is 40.6. The summed E-state index contributed by atoms with van der Waals surface area (Å²) in [6, 6.07) is 15.5. The van der Waals surface area contributed by atoms with E-state index in [-0.39, 0.29) is 10.7 Å². The van der Waals surface area contributed by atoms with Crippen molar-refractivity contribution in [3.63, 3.8) is 0 Å². The molecule has 5 nitrogen and oxygen atoms in total. The molecule has 0 unspecified atom stereocenters. The van der Waals surface area contributed by atoms with Crippen LogP contribution in [0, 0.1) is 5.82 Å². The quantitative estimate of drug-likeness (QED) is 0.708. The Balaban J connectivity index is 1.77.